The zero-order chi connectivity index (χ0) is 21.5. The maximum atomic E-state index is 12.6. The number of hydrazone groups is 1. The number of nitrogens with one attached hydrogen (secondary N) is 1. The largest absolute Gasteiger partial charge is 0.301 e. The molecule has 3 aromatic rings. The highest BCUT2D eigenvalue weighted by Crippen LogP contribution is 2.29. The van der Waals surface area contributed by atoms with Gasteiger partial charge in [-0.2, -0.15) is 5.10 Å². The fourth-order valence-corrected chi connectivity index (χ4v) is 2.72. The van der Waals surface area contributed by atoms with Crippen LogP contribution in [0.2, 0.25) is 0 Å². The van der Waals surface area contributed by atoms with Gasteiger partial charge in [0.2, 0.25) is 0 Å². The number of benzene rings is 3. The highest BCUT2D eigenvalue weighted by atomic mass is 16.6. The summed E-state index contributed by atoms with van der Waals surface area (Å²) in [6.07, 6.45) is -0.0399. The molecule has 0 heterocycles. The van der Waals surface area contributed by atoms with Gasteiger partial charge in [0.05, 0.1) is 28.0 Å². The van der Waals surface area contributed by atoms with Crippen molar-refractivity contribution in [2.24, 2.45) is 5.10 Å². The first-order valence-corrected chi connectivity index (χ1v) is 8.85. The Labute approximate surface area is 171 Å². The number of rotatable bonds is 8. The first kappa shape index (κ1) is 20.3. The minimum atomic E-state index is -0.734. The molecule has 30 heavy (non-hydrogen) atoms. The SMILES string of the molecule is O=C(C/C(=N\Nc1ccc([N+](=O)[O-])cc1[N+](=O)[O-])c1ccccc1)c1ccccc1. The highest BCUT2D eigenvalue weighted by molar-refractivity contribution is 6.16. The number of nitro benzene ring substituents is 2. The molecule has 150 valence electrons. The van der Waals surface area contributed by atoms with Crippen molar-refractivity contribution in [1.82, 2.24) is 0 Å². The molecule has 1 N–H and O–H groups in total. The average Bonchev–Trinajstić information content (AvgIpc) is 2.77. The number of ketones is 1. The summed E-state index contributed by atoms with van der Waals surface area (Å²) in [6, 6.07) is 20.8. The standard InChI is InChI=1S/C21H16N4O5/c26-21(16-9-5-2-6-10-16)14-19(15-7-3-1-4-8-15)23-22-18-12-11-17(24(27)28)13-20(18)25(29)30/h1-13,22H,14H2/b23-19+. The van der Waals surface area contributed by atoms with Gasteiger partial charge >= 0.3 is 5.69 Å². The lowest BCUT2D eigenvalue weighted by Crippen LogP contribution is -2.12. The molecule has 0 aliphatic carbocycles. The molecule has 0 aliphatic heterocycles. The number of nitro groups is 2. The molecule has 0 spiro atoms. The fourth-order valence-electron chi connectivity index (χ4n) is 2.72. The summed E-state index contributed by atoms with van der Waals surface area (Å²) in [7, 11) is 0. The number of carbonyl (C=O) groups is 1. The molecule has 9 nitrogen and oxygen atoms in total. The summed E-state index contributed by atoms with van der Waals surface area (Å²) >= 11 is 0. The Balaban J connectivity index is 1.94. The van der Waals surface area contributed by atoms with Crippen molar-refractivity contribution in [3.63, 3.8) is 0 Å². The minimum absolute atomic E-state index is 0.0220. The molecule has 0 aromatic heterocycles. The molecular weight excluding hydrogens is 388 g/mol. The smallest absolute Gasteiger partial charge is 0.294 e. The topological polar surface area (TPSA) is 128 Å². The van der Waals surface area contributed by atoms with Gasteiger partial charge < -0.3 is 0 Å². The van der Waals surface area contributed by atoms with Gasteiger partial charge in [-0.3, -0.25) is 30.4 Å². The fraction of sp³-hybridized carbons (Fsp3) is 0.0476. The monoisotopic (exact) mass is 404 g/mol. The molecule has 0 amide bonds. The van der Waals surface area contributed by atoms with Gasteiger partial charge in [0, 0.05) is 11.6 Å². The van der Waals surface area contributed by atoms with Crippen LogP contribution in [0.15, 0.2) is 84.0 Å². The molecule has 0 atom stereocenters. The first-order chi connectivity index (χ1) is 14.5. The summed E-state index contributed by atoms with van der Waals surface area (Å²) < 4.78 is 0. The average molecular weight is 404 g/mol. The van der Waals surface area contributed by atoms with E-state index in [9.17, 15) is 25.0 Å². The maximum Gasteiger partial charge on any atom is 0.301 e. The lowest BCUT2D eigenvalue weighted by atomic mass is 10.0. The Bertz CT molecular complexity index is 1110. The van der Waals surface area contributed by atoms with Crippen LogP contribution in [-0.2, 0) is 0 Å². The molecule has 0 unspecified atom stereocenters. The van der Waals surface area contributed by atoms with E-state index < -0.39 is 21.2 Å². The third-order valence-corrected chi connectivity index (χ3v) is 4.23. The van der Waals surface area contributed by atoms with Gasteiger partial charge in [0.1, 0.15) is 5.69 Å². The zero-order valence-corrected chi connectivity index (χ0v) is 15.6. The van der Waals surface area contributed by atoms with Crippen LogP contribution < -0.4 is 5.43 Å². The first-order valence-electron chi connectivity index (χ1n) is 8.85. The van der Waals surface area contributed by atoms with Crippen LogP contribution in [0.25, 0.3) is 0 Å². The molecule has 3 aromatic carbocycles. The second kappa shape index (κ2) is 9.20. The summed E-state index contributed by atoms with van der Waals surface area (Å²) in [5, 5.41) is 26.4. The Morgan fingerprint density at radius 2 is 1.43 bits per heavy atom. The van der Waals surface area contributed by atoms with E-state index in [2.05, 4.69) is 10.5 Å². The quantitative estimate of drug-likeness (QED) is 0.253. The Morgan fingerprint density at radius 3 is 2.00 bits per heavy atom. The van der Waals surface area contributed by atoms with E-state index in [0.717, 1.165) is 12.1 Å². The number of carbonyl (C=O) groups excluding carboxylic acids is 1. The molecule has 0 aliphatic rings. The molecule has 0 saturated carbocycles. The van der Waals surface area contributed by atoms with Crippen molar-refractivity contribution >= 4 is 28.6 Å². The van der Waals surface area contributed by atoms with Gasteiger partial charge in [-0.15, -0.1) is 0 Å². The maximum absolute atomic E-state index is 12.6. The van der Waals surface area contributed by atoms with Gasteiger partial charge in [-0.05, 0) is 11.6 Å². The van der Waals surface area contributed by atoms with E-state index in [4.69, 9.17) is 0 Å². The van der Waals surface area contributed by atoms with E-state index in [1.54, 1.807) is 54.6 Å². The van der Waals surface area contributed by atoms with Crippen molar-refractivity contribution in [1.29, 1.82) is 0 Å². The van der Waals surface area contributed by atoms with Gasteiger partial charge in [0.25, 0.3) is 5.69 Å². The van der Waals surface area contributed by atoms with E-state index in [1.807, 2.05) is 6.07 Å². The van der Waals surface area contributed by atoms with Crippen molar-refractivity contribution in [3.8, 4) is 0 Å². The van der Waals surface area contributed by atoms with Crippen molar-refractivity contribution in [2.75, 3.05) is 5.43 Å². The summed E-state index contributed by atoms with van der Waals surface area (Å²) in [6.45, 7) is 0. The zero-order valence-electron chi connectivity index (χ0n) is 15.6. The number of Topliss-reactive ketones (excluding diaryl/α,β-unsaturated/α-hetero) is 1. The Morgan fingerprint density at radius 1 is 0.833 bits per heavy atom. The molecule has 3 rings (SSSR count). The van der Waals surface area contributed by atoms with Gasteiger partial charge in [-0.25, -0.2) is 0 Å². The van der Waals surface area contributed by atoms with E-state index >= 15 is 0 Å². The number of hydrogen-bond donors (Lipinski definition) is 1. The van der Waals surface area contributed by atoms with Gasteiger partial charge in [0.15, 0.2) is 5.78 Å². The van der Waals surface area contributed by atoms with Crippen LogP contribution in [0.5, 0.6) is 0 Å². The molecule has 0 bridgehead atoms. The molecule has 0 radical (unpaired) electrons. The lowest BCUT2D eigenvalue weighted by Gasteiger charge is -2.08. The third kappa shape index (κ3) is 4.90. The normalized spacial score (nSPS) is 11.0. The minimum Gasteiger partial charge on any atom is -0.294 e. The second-order valence-electron chi connectivity index (χ2n) is 6.22. The molecule has 9 heteroatoms. The van der Waals surface area contributed by atoms with E-state index in [-0.39, 0.29) is 17.9 Å². The van der Waals surface area contributed by atoms with E-state index in [0.29, 0.717) is 16.8 Å². The van der Waals surface area contributed by atoms with E-state index in [1.165, 1.54) is 6.07 Å². The Hall–Kier alpha value is -4.40. The number of nitrogens with zero attached hydrogens (tertiary/aromatic N) is 3. The molecular formula is C21H16N4O5. The van der Waals surface area contributed by atoms with Crippen LogP contribution >= 0.6 is 0 Å². The summed E-state index contributed by atoms with van der Waals surface area (Å²) in [4.78, 5) is 33.4. The lowest BCUT2D eigenvalue weighted by molar-refractivity contribution is -0.393. The predicted molar refractivity (Wildman–Crippen MR) is 112 cm³/mol. The van der Waals surface area contributed by atoms with Crippen LogP contribution in [0.1, 0.15) is 22.3 Å². The highest BCUT2D eigenvalue weighted by Gasteiger charge is 2.20. The van der Waals surface area contributed by atoms with Crippen molar-refractivity contribution < 1.29 is 14.6 Å². The number of non-ortho nitro benzene ring substituents is 1. The second-order valence-corrected chi connectivity index (χ2v) is 6.22. The van der Waals surface area contributed by atoms with Crippen LogP contribution in [-0.4, -0.2) is 21.3 Å². The Kier molecular flexibility index (Phi) is 6.23. The third-order valence-electron chi connectivity index (χ3n) is 4.23. The summed E-state index contributed by atoms with van der Waals surface area (Å²) in [5.74, 6) is -0.168. The molecule has 0 fully saturated rings. The van der Waals surface area contributed by atoms with Crippen LogP contribution in [0.4, 0.5) is 17.1 Å². The van der Waals surface area contributed by atoms with Crippen molar-refractivity contribution in [2.45, 2.75) is 6.42 Å². The number of anilines is 1. The van der Waals surface area contributed by atoms with Gasteiger partial charge in [-0.1, -0.05) is 60.7 Å². The number of hydrogen-bond acceptors (Lipinski definition) is 7. The summed E-state index contributed by atoms with van der Waals surface area (Å²) in [5.41, 5.74) is 3.22. The molecule has 0 saturated heterocycles. The van der Waals surface area contributed by atoms with Crippen LogP contribution in [0.3, 0.4) is 0 Å². The van der Waals surface area contributed by atoms with Crippen LogP contribution in [0, 0.1) is 20.2 Å². The predicted octanol–water partition coefficient (Wildman–Crippen LogP) is 4.59. The van der Waals surface area contributed by atoms with Crippen molar-refractivity contribution in [3.05, 3.63) is 110 Å².